The Bertz CT molecular complexity index is 1470. The van der Waals surface area contributed by atoms with E-state index in [0.29, 0.717) is 29.6 Å². The molecule has 2 heterocycles. The van der Waals surface area contributed by atoms with Crippen molar-refractivity contribution in [1.29, 1.82) is 0 Å². The van der Waals surface area contributed by atoms with Crippen molar-refractivity contribution in [2.75, 3.05) is 14.1 Å². The average molecular weight is 506 g/mol. The Morgan fingerprint density at radius 2 is 2.03 bits per heavy atom. The van der Waals surface area contributed by atoms with Gasteiger partial charge in [0.15, 0.2) is 12.0 Å². The van der Waals surface area contributed by atoms with E-state index in [1.165, 1.54) is 12.1 Å². The Morgan fingerprint density at radius 1 is 1.22 bits per heavy atom. The predicted octanol–water partition coefficient (Wildman–Crippen LogP) is 5.46. The van der Waals surface area contributed by atoms with Gasteiger partial charge < -0.3 is 10.5 Å². The standard InChI is InChI=1S/C28H29F2N5O2/c1-4-22(34(2)3)27-33-21-11-9-16(19-12-17-8-10-20(31)25(17)32-14-19)13-23(21)35(27)26-18(15-36)6-5-7-24(26)37-28(29)30/h5-7,9,11-15,20,22,28H,4,8,10,31H2,1-3H3. The number of rotatable bonds is 8. The van der Waals surface area contributed by atoms with Crippen LogP contribution in [0.5, 0.6) is 5.75 Å². The zero-order valence-electron chi connectivity index (χ0n) is 21.0. The number of benzene rings is 2. The molecule has 0 saturated carbocycles. The number of alkyl halides is 2. The van der Waals surface area contributed by atoms with E-state index in [1.807, 2.05) is 50.3 Å². The van der Waals surface area contributed by atoms with E-state index >= 15 is 0 Å². The maximum absolute atomic E-state index is 13.4. The van der Waals surface area contributed by atoms with Gasteiger partial charge in [-0.3, -0.25) is 19.2 Å². The molecule has 4 aromatic rings. The van der Waals surface area contributed by atoms with Gasteiger partial charge in [-0.15, -0.1) is 0 Å². The molecule has 2 aromatic carbocycles. The molecule has 1 aliphatic rings. The summed E-state index contributed by atoms with van der Waals surface area (Å²) in [5, 5.41) is 0. The number of imidazole rings is 1. The van der Waals surface area contributed by atoms with Crippen molar-refractivity contribution in [3.63, 3.8) is 0 Å². The highest BCUT2D eigenvalue weighted by Crippen LogP contribution is 2.38. The number of nitrogens with zero attached hydrogens (tertiary/aromatic N) is 4. The number of para-hydroxylation sites is 1. The van der Waals surface area contributed by atoms with Crippen molar-refractivity contribution in [1.82, 2.24) is 19.4 Å². The SMILES string of the molecule is CCC(c1nc2ccc(-c3cnc4c(c3)CCC4N)cc2n1-c1c(C=O)cccc1OC(F)F)N(C)C. The molecule has 0 radical (unpaired) electrons. The molecule has 0 bridgehead atoms. The maximum atomic E-state index is 13.4. The lowest BCUT2D eigenvalue weighted by Crippen LogP contribution is -2.23. The van der Waals surface area contributed by atoms with Crippen LogP contribution in [-0.4, -0.2) is 46.4 Å². The second-order valence-electron chi connectivity index (χ2n) is 9.50. The first-order valence-electron chi connectivity index (χ1n) is 12.3. The maximum Gasteiger partial charge on any atom is 0.387 e. The first-order valence-corrected chi connectivity index (χ1v) is 12.3. The molecule has 2 N–H and O–H groups in total. The van der Waals surface area contributed by atoms with Gasteiger partial charge >= 0.3 is 6.61 Å². The molecule has 192 valence electrons. The molecule has 0 spiro atoms. The fourth-order valence-electron chi connectivity index (χ4n) is 5.24. The summed E-state index contributed by atoms with van der Waals surface area (Å²) in [6.07, 6.45) is 4.93. The van der Waals surface area contributed by atoms with Crippen LogP contribution in [0.4, 0.5) is 8.78 Å². The summed E-state index contributed by atoms with van der Waals surface area (Å²) in [5.74, 6) is 0.540. The summed E-state index contributed by atoms with van der Waals surface area (Å²) >= 11 is 0. The molecular formula is C28H29F2N5O2. The lowest BCUT2D eigenvalue weighted by molar-refractivity contribution is -0.0498. The Balaban J connectivity index is 1.78. The molecule has 7 nitrogen and oxygen atoms in total. The van der Waals surface area contributed by atoms with E-state index in [4.69, 9.17) is 15.5 Å². The predicted molar refractivity (Wildman–Crippen MR) is 138 cm³/mol. The number of hydrogen-bond donors (Lipinski definition) is 1. The quantitative estimate of drug-likeness (QED) is 0.320. The highest BCUT2D eigenvalue weighted by Gasteiger charge is 2.27. The lowest BCUT2D eigenvalue weighted by Gasteiger charge is -2.25. The minimum absolute atomic E-state index is 0.0411. The van der Waals surface area contributed by atoms with E-state index in [9.17, 15) is 13.6 Å². The van der Waals surface area contributed by atoms with Crippen molar-refractivity contribution in [2.45, 2.75) is 44.9 Å². The second-order valence-corrected chi connectivity index (χ2v) is 9.50. The number of aromatic nitrogens is 3. The van der Waals surface area contributed by atoms with Gasteiger partial charge in [-0.2, -0.15) is 8.78 Å². The molecule has 0 fully saturated rings. The summed E-state index contributed by atoms with van der Waals surface area (Å²) in [7, 11) is 3.87. The molecule has 2 unspecified atom stereocenters. The zero-order valence-corrected chi connectivity index (χ0v) is 21.0. The number of pyridine rings is 1. The topological polar surface area (TPSA) is 86.3 Å². The van der Waals surface area contributed by atoms with Gasteiger partial charge in [0.1, 0.15) is 11.5 Å². The van der Waals surface area contributed by atoms with Crippen LogP contribution in [-0.2, 0) is 6.42 Å². The smallest absolute Gasteiger partial charge is 0.387 e. The molecular weight excluding hydrogens is 476 g/mol. The molecule has 0 aliphatic heterocycles. The zero-order chi connectivity index (χ0) is 26.3. The lowest BCUT2D eigenvalue weighted by atomic mass is 10.0. The van der Waals surface area contributed by atoms with Gasteiger partial charge in [0.05, 0.1) is 22.8 Å². The van der Waals surface area contributed by atoms with Crippen LogP contribution in [0.3, 0.4) is 0 Å². The molecule has 37 heavy (non-hydrogen) atoms. The summed E-state index contributed by atoms with van der Waals surface area (Å²) in [4.78, 5) is 23.6. The molecule has 0 saturated heterocycles. The fourth-order valence-corrected chi connectivity index (χ4v) is 5.24. The van der Waals surface area contributed by atoms with Crippen LogP contribution in [0.1, 0.15) is 59.3 Å². The first kappa shape index (κ1) is 25.0. The van der Waals surface area contributed by atoms with Crippen molar-refractivity contribution in [3.05, 3.63) is 71.3 Å². The van der Waals surface area contributed by atoms with E-state index in [2.05, 4.69) is 11.1 Å². The molecule has 1 aliphatic carbocycles. The normalized spacial score (nSPS) is 15.9. The second kappa shape index (κ2) is 9.99. The molecule has 2 aromatic heterocycles. The van der Waals surface area contributed by atoms with Crippen LogP contribution in [0, 0.1) is 0 Å². The number of nitrogens with two attached hydrogens (primary N) is 1. The summed E-state index contributed by atoms with van der Waals surface area (Å²) in [6.45, 7) is -1.02. The van der Waals surface area contributed by atoms with Crippen LogP contribution < -0.4 is 10.5 Å². The molecule has 2 atom stereocenters. The van der Waals surface area contributed by atoms with Crippen LogP contribution in [0.25, 0.3) is 27.8 Å². The number of aryl methyl sites for hydroxylation is 1. The van der Waals surface area contributed by atoms with Gasteiger partial charge in [-0.05, 0) is 74.8 Å². The minimum Gasteiger partial charge on any atom is -0.433 e. The van der Waals surface area contributed by atoms with Crippen LogP contribution in [0.15, 0.2) is 48.7 Å². The number of aldehydes is 1. The van der Waals surface area contributed by atoms with Crippen molar-refractivity contribution >= 4 is 17.3 Å². The number of fused-ring (bicyclic) bond motifs is 2. The third kappa shape index (κ3) is 4.49. The fraction of sp³-hybridized carbons (Fsp3) is 0.321. The third-order valence-corrected chi connectivity index (χ3v) is 7.00. The summed E-state index contributed by atoms with van der Waals surface area (Å²) in [6, 6.07) is 12.3. The molecule has 5 rings (SSSR count). The average Bonchev–Trinajstić information content (AvgIpc) is 3.43. The number of carbonyl (C=O) groups excluding carboxylic acids is 1. The molecule has 0 amide bonds. The van der Waals surface area contributed by atoms with Crippen molar-refractivity contribution in [3.8, 4) is 22.6 Å². The van der Waals surface area contributed by atoms with Gasteiger partial charge in [0, 0.05) is 23.4 Å². The Kier molecular flexibility index (Phi) is 6.74. The monoisotopic (exact) mass is 505 g/mol. The largest absolute Gasteiger partial charge is 0.433 e. The highest BCUT2D eigenvalue weighted by atomic mass is 19.3. The first-order chi connectivity index (χ1) is 17.8. The number of ether oxygens (including phenoxy) is 1. The summed E-state index contributed by atoms with van der Waals surface area (Å²) in [5.41, 5.74) is 11.9. The van der Waals surface area contributed by atoms with E-state index in [-0.39, 0.29) is 29.1 Å². The Labute approximate surface area is 213 Å². The van der Waals surface area contributed by atoms with Gasteiger partial charge in [0.2, 0.25) is 0 Å². The van der Waals surface area contributed by atoms with Crippen molar-refractivity contribution in [2.24, 2.45) is 5.73 Å². The Morgan fingerprint density at radius 3 is 2.73 bits per heavy atom. The Hall–Kier alpha value is -3.69. The van der Waals surface area contributed by atoms with E-state index in [0.717, 1.165) is 35.2 Å². The van der Waals surface area contributed by atoms with E-state index < -0.39 is 6.61 Å². The minimum atomic E-state index is -3.05. The summed E-state index contributed by atoms with van der Waals surface area (Å²) < 4.78 is 33.5. The van der Waals surface area contributed by atoms with Crippen LogP contribution >= 0.6 is 0 Å². The number of hydrogen-bond acceptors (Lipinski definition) is 6. The van der Waals surface area contributed by atoms with Crippen LogP contribution in [0.2, 0.25) is 0 Å². The van der Waals surface area contributed by atoms with Crippen molar-refractivity contribution < 1.29 is 18.3 Å². The van der Waals surface area contributed by atoms with E-state index in [1.54, 1.807) is 10.6 Å². The third-order valence-electron chi connectivity index (χ3n) is 7.00. The molecule has 9 heteroatoms. The van der Waals surface area contributed by atoms with Gasteiger partial charge in [0.25, 0.3) is 0 Å². The highest BCUT2D eigenvalue weighted by molar-refractivity contribution is 5.89. The number of carbonyl (C=O) groups is 1. The van der Waals surface area contributed by atoms with Gasteiger partial charge in [-0.25, -0.2) is 4.98 Å². The van der Waals surface area contributed by atoms with Gasteiger partial charge in [-0.1, -0.05) is 19.1 Å². The number of halogens is 2.